The van der Waals surface area contributed by atoms with Crippen molar-refractivity contribution < 1.29 is 8.42 Å². The van der Waals surface area contributed by atoms with Gasteiger partial charge in [-0.25, -0.2) is 13.6 Å². The number of hydrogen-bond donors (Lipinski definition) is 2. The van der Waals surface area contributed by atoms with E-state index in [0.717, 1.165) is 11.1 Å². The monoisotopic (exact) mass is 358 g/mol. The van der Waals surface area contributed by atoms with Crippen LogP contribution >= 0.6 is 23.2 Å². The Bertz CT molecular complexity index is 779. The van der Waals surface area contributed by atoms with E-state index in [2.05, 4.69) is 5.32 Å². The predicted octanol–water partition coefficient (Wildman–Crippen LogP) is 3.49. The van der Waals surface area contributed by atoms with E-state index in [4.69, 9.17) is 28.3 Å². The Kier molecular flexibility index (Phi) is 5.47. The van der Waals surface area contributed by atoms with Gasteiger partial charge in [-0.2, -0.15) is 0 Å². The third-order valence-corrected chi connectivity index (χ3v) is 4.89. The molecular weight excluding hydrogens is 343 g/mol. The molecule has 118 valence electrons. The van der Waals surface area contributed by atoms with Gasteiger partial charge in [0.1, 0.15) is 4.90 Å². The number of hydrogen-bond acceptors (Lipinski definition) is 3. The summed E-state index contributed by atoms with van der Waals surface area (Å²) >= 11 is 11.9. The highest BCUT2D eigenvalue weighted by molar-refractivity contribution is 7.89. The van der Waals surface area contributed by atoms with E-state index in [0.29, 0.717) is 11.6 Å². The molecule has 0 aliphatic heterocycles. The van der Waals surface area contributed by atoms with Gasteiger partial charge >= 0.3 is 0 Å². The Morgan fingerprint density at radius 1 is 1.18 bits per heavy atom. The molecule has 2 aromatic carbocycles. The second kappa shape index (κ2) is 6.98. The van der Waals surface area contributed by atoms with Crippen LogP contribution in [-0.2, 0) is 16.6 Å². The molecule has 4 nitrogen and oxygen atoms in total. The Morgan fingerprint density at radius 2 is 1.91 bits per heavy atom. The lowest BCUT2D eigenvalue weighted by Gasteiger charge is -2.15. The lowest BCUT2D eigenvalue weighted by atomic mass is 10.1. The summed E-state index contributed by atoms with van der Waals surface area (Å²) < 4.78 is 22.6. The number of nitrogens with two attached hydrogens (primary N) is 1. The largest absolute Gasteiger partial charge is 0.306 e. The predicted molar refractivity (Wildman–Crippen MR) is 89.5 cm³/mol. The molecule has 0 heterocycles. The molecule has 0 spiro atoms. The van der Waals surface area contributed by atoms with Crippen molar-refractivity contribution in [2.24, 2.45) is 5.14 Å². The Hall–Kier alpha value is -1.11. The van der Waals surface area contributed by atoms with Crippen LogP contribution in [0.3, 0.4) is 0 Å². The standard InChI is InChI=1S/C15H16Cl2N2O2S/c1-10(12-3-2-4-13(16)8-12)19-9-11-5-6-15(14(17)7-11)22(18,20)21/h2-8,10,19H,9H2,1H3,(H2,18,20,21). The molecule has 0 saturated heterocycles. The van der Waals surface area contributed by atoms with E-state index in [1.807, 2.05) is 31.2 Å². The summed E-state index contributed by atoms with van der Waals surface area (Å²) in [6, 6.07) is 12.4. The molecule has 2 rings (SSSR count). The van der Waals surface area contributed by atoms with Crippen LogP contribution in [0.25, 0.3) is 0 Å². The topological polar surface area (TPSA) is 72.2 Å². The number of halogens is 2. The molecule has 0 radical (unpaired) electrons. The summed E-state index contributed by atoms with van der Waals surface area (Å²) in [7, 11) is -3.80. The molecule has 0 saturated carbocycles. The Balaban J connectivity index is 2.07. The molecule has 7 heteroatoms. The van der Waals surface area contributed by atoms with Crippen molar-refractivity contribution in [1.29, 1.82) is 0 Å². The molecule has 0 amide bonds. The normalized spacial score (nSPS) is 13.1. The van der Waals surface area contributed by atoms with Crippen LogP contribution in [0.5, 0.6) is 0 Å². The molecule has 0 aromatic heterocycles. The van der Waals surface area contributed by atoms with Crippen LogP contribution in [0.1, 0.15) is 24.1 Å². The minimum atomic E-state index is -3.80. The van der Waals surface area contributed by atoms with Crippen molar-refractivity contribution in [2.45, 2.75) is 24.4 Å². The van der Waals surface area contributed by atoms with Crippen molar-refractivity contribution in [3.8, 4) is 0 Å². The molecule has 0 bridgehead atoms. The van der Waals surface area contributed by atoms with E-state index >= 15 is 0 Å². The highest BCUT2D eigenvalue weighted by Crippen LogP contribution is 2.22. The van der Waals surface area contributed by atoms with Crippen molar-refractivity contribution in [1.82, 2.24) is 5.32 Å². The molecule has 2 aromatic rings. The van der Waals surface area contributed by atoms with E-state index in [1.54, 1.807) is 12.1 Å². The first-order chi connectivity index (χ1) is 10.3. The highest BCUT2D eigenvalue weighted by Gasteiger charge is 2.13. The SMILES string of the molecule is CC(NCc1ccc(S(N)(=O)=O)c(Cl)c1)c1cccc(Cl)c1. The van der Waals surface area contributed by atoms with Gasteiger partial charge < -0.3 is 5.32 Å². The zero-order valence-corrected chi connectivity index (χ0v) is 14.2. The van der Waals surface area contributed by atoms with Crippen LogP contribution < -0.4 is 10.5 Å². The molecule has 0 fully saturated rings. The number of rotatable bonds is 5. The fraction of sp³-hybridized carbons (Fsp3) is 0.200. The summed E-state index contributed by atoms with van der Waals surface area (Å²) in [6.07, 6.45) is 0. The van der Waals surface area contributed by atoms with E-state index in [-0.39, 0.29) is 16.0 Å². The first-order valence-electron chi connectivity index (χ1n) is 6.57. The third kappa shape index (κ3) is 4.44. The summed E-state index contributed by atoms with van der Waals surface area (Å²) in [4.78, 5) is -0.0687. The number of primary sulfonamides is 1. The molecule has 1 atom stereocenters. The summed E-state index contributed by atoms with van der Waals surface area (Å²) in [5.74, 6) is 0. The Labute approximate surface area is 140 Å². The van der Waals surface area contributed by atoms with Crippen LogP contribution in [0.2, 0.25) is 10.0 Å². The lowest BCUT2D eigenvalue weighted by molar-refractivity contribution is 0.574. The highest BCUT2D eigenvalue weighted by atomic mass is 35.5. The average molecular weight is 359 g/mol. The van der Waals surface area contributed by atoms with Crippen molar-refractivity contribution >= 4 is 33.2 Å². The zero-order chi connectivity index (χ0) is 16.3. The second-order valence-corrected chi connectivity index (χ2v) is 7.34. The maximum absolute atomic E-state index is 11.3. The van der Waals surface area contributed by atoms with Crippen LogP contribution in [0.15, 0.2) is 47.4 Å². The van der Waals surface area contributed by atoms with Gasteiger partial charge in [-0.3, -0.25) is 0 Å². The third-order valence-electron chi connectivity index (χ3n) is 3.26. The van der Waals surface area contributed by atoms with Crippen molar-refractivity contribution in [2.75, 3.05) is 0 Å². The van der Waals surface area contributed by atoms with Gasteiger partial charge in [0.2, 0.25) is 10.0 Å². The van der Waals surface area contributed by atoms with E-state index < -0.39 is 10.0 Å². The second-order valence-electron chi connectivity index (χ2n) is 4.97. The first-order valence-corrected chi connectivity index (χ1v) is 8.87. The minimum absolute atomic E-state index is 0.0687. The van der Waals surface area contributed by atoms with Gasteiger partial charge in [0, 0.05) is 17.6 Å². The Morgan fingerprint density at radius 3 is 2.50 bits per heavy atom. The van der Waals surface area contributed by atoms with Crippen LogP contribution in [-0.4, -0.2) is 8.42 Å². The molecule has 0 aliphatic rings. The average Bonchev–Trinajstić information content (AvgIpc) is 2.43. The van der Waals surface area contributed by atoms with Gasteiger partial charge in [0.05, 0.1) is 5.02 Å². The van der Waals surface area contributed by atoms with E-state index in [1.165, 1.54) is 6.07 Å². The first kappa shape index (κ1) is 17.2. The number of benzene rings is 2. The summed E-state index contributed by atoms with van der Waals surface area (Å²) in [6.45, 7) is 2.56. The van der Waals surface area contributed by atoms with Gasteiger partial charge in [-0.05, 0) is 42.3 Å². The van der Waals surface area contributed by atoms with Crippen molar-refractivity contribution in [3.63, 3.8) is 0 Å². The summed E-state index contributed by atoms with van der Waals surface area (Å²) in [5, 5.41) is 9.22. The van der Waals surface area contributed by atoms with Gasteiger partial charge in [-0.1, -0.05) is 41.4 Å². The fourth-order valence-electron chi connectivity index (χ4n) is 2.05. The van der Waals surface area contributed by atoms with Gasteiger partial charge in [0.15, 0.2) is 0 Å². The van der Waals surface area contributed by atoms with E-state index in [9.17, 15) is 8.42 Å². The molecule has 22 heavy (non-hydrogen) atoms. The maximum Gasteiger partial charge on any atom is 0.239 e. The smallest absolute Gasteiger partial charge is 0.239 e. The zero-order valence-electron chi connectivity index (χ0n) is 11.9. The van der Waals surface area contributed by atoms with Crippen LogP contribution in [0, 0.1) is 0 Å². The van der Waals surface area contributed by atoms with Gasteiger partial charge in [-0.15, -0.1) is 0 Å². The quantitative estimate of drug-likeness (QED) is 0.858. The number of nitrogens with one attached hydrogen (secondary N) is 1. The summed E-state index contributed by atoms with van der Waals surface area (Å²) in [5.41, 5.74) is 1.94. The number of sulfonamides is 1. The molecule has 1 unspecified atom stereocenters. The minimum Gasteiger partial charge on any atom is -0.306 e. The van der Waals surface area contributed by atoms with Gasteiger partial charge in [0.25, 0.3) is 0 Å². The lowest BCUT2D eigenvalue weighted by Crippen LogP contribution is -2.18. The molecule has 3 N–H and O–H groups in total. The van der Waals surface area contributed by atoms with Crippen LogP contribution in [0.4, 0.5) is 0 Å². The van der Waals surface area contributed by atoms with Crippen molar-refractivity contribution in [3.05, 3.63) is 63.6 Å². The molecular formula is C15H16Cl2N2O2S. The fourth-order valence-corrected chi connectivity index (χ4v) is 3.36. The maximum atomic E-state index is 11.3. The molecule has 0 aliphatic carbocycles.